The van der Waals surface area contributed by atoms with Crippen molar-refractivity contribution in [1.29, 1.82) is 0 Å². The smallest absolute Gasteiger partial charge is 0.330 e. The third-order valence-corrected chi connectivity index (χ3v) is 3.68. The Kier molecular flexibility index (Phi) is 15.6. The zero-order chi connectivity index (χ0) is 20.3. The highest BCUT2D eigenvalue weighted by Crippen LogP contribution is 2.18. The molecule has 0 heterocycles. The lowest BCUT2D eigenvalue weighted by Crippen LogP contribution is -2.12. The number of hydrogen-bond donors (Lipinski definition) is 0. The second kappa shape index (κ2) is 17.1. The van der Waals surface area contributed by atoms with Gasteiger partial charge < -0.3 is 14.2 Å². The van der Waals surface area contributed by atoms with Gasteiger partial charge in [0.15, 0.2) is 0 Å². The topological polar surface area (TPSA) is 78.9 Å². The average Bonchev–Trinajstić information content (AvgIpc) is 2.62. The van der Waals surface area contributed by atoms with Gasteiger partial charge in [-0.05, 0) is 58.8 Å². The van der Waals surface area contributed by atoms with Crippen LogP contribution in [0, 0.1) is 5.92 Å². The van der Waals surface area contributed by atoms with E-state index in [2.05, 4.69) is 0 Å². The van der Waals surface area contributed by atoms with Gasteiger partial charge in [-0.25, -0.2) is 14.4 Å². The lowest BCUT2D eigenvalue weighted by atomic mass is 9.95. The van der Waals surface area contributed by atoms with Crippen LogP contribution in [0.1, 0.15) is 52.9 Å². The number of allylic oxidation sites excluding steroid dienone is 3. The van der Waals surface area contributed by atoms with Gasteiger partial charge in [0.25, 0.3) is 0 Å². The zero-order valence-electron chi connectivity index (χ0n) is 16.6. The molecule has 0 N–H and O–H groups in total. The molecule has 0 amide bonds. The molecule has 0 fully saturated rings. The number of rotatable bonds is 14. The number of carbonyl (C=O) groups excluding carboxylic acids is 3. The first kappa shape index (κ1) is 24.6. The average molecular weight is 380 g/mol. The maximum absolute atomic E-state index is 11.4. The molecule has 0 rings (SSSR count). The zero-order valence-corrected chi connectivity index (χ0v) is 16.6. The molecule has 0 aliphatic heterocycles. The van der Waals surface area contributed by atoms with E-state index in [0.29, 0.717) is 25.7 Å². The third kappa shape index (κ3) is 15.6. The number of esters is 3. The Hall–Kier alpha value is -2.37. The fourth-order valence-electron chi connectivity index (χ4n) is 2.40. The van der Waals surface area contributed by atoms with E-state index < -0.39 is 0 Å². The SMILES string of the molecule is C/C=C/C(=O)OCCCC(CCCOC(=O)/C=C/C)CCOC(=O)/C=C/C. The fourth-order valence-corrected chi connectivity index (χ4v) is 2.40. The van der Waals surface area contributed by atoms with E-state index in [1.54, 1.807) is 39.0 Å². The summed E-state index contributed by atoms with van der Waals surface area (Å²) < 4.78 is 15.3. The van der Waals surface area contributed by atoms with Crippen molar-refractivity contribution in [3.05, 3.63) is 36.5 Å². The summed E-state index contributed by atoms with van der Waals surface area (Å²) in [6, 6.07) is 0. The number of ether oxygens (including phenoxy) is 3. The Labute approximate surface area is 162 Å². The molecule has 6 nitrogen and oxygen atoms in total. The monoisotopic (exact) mass is 380 g/mol. The highest BCUT2D eigenvalue weighted by atomic mass is 16.5. The van der Waals surface area contributed by atoms with E-state index in [9.17, 15) is 14.4 Å². The van der Waals surface area contributed by atoms with Gasteiger partial charge in [-0.3, -0.25) is 0 Å². The van der Waals surface area contributed by atoms with Crippen molar-refractivity contribution >= 4 is 17.9 Å². The lowest BCUT2D eigenvalue weighted by Gasteiger charge is -2.16. The Bertz CT molecular complexity index is 487. The second-order valence-electron chi connectivity index (χ2n) is 5.94. The van der Waals surface area contributed by atoms with Gasteiger partial charge >= 0.3 is 17.9 Å². The summed E-state index contributed by atoms with van der Waals surface area (Å²) in [7, 11) is 0. The van der Waals surface area contributed by atoms with E-state index in [4.69, 9.17) is 14.2 Å². The van der Waals surface area contributed by atoms with Crippen molar-refractivity contribution in [1.82, 2.24) is 0 Å². The molecule has 0 aliphatic carbocycles. The molecule has 0 aliphatic rings. The van der Waals surface area contributed by atoms with Crippen LogP contribution in [-0.4, -0.2) is 37.7 Å². The van der Waals surface area contributed by atoms with Crippen molar-refractivity contribution in [2.75, 3.05) is 19.8 Å². The summed E-state index contributed by atoms with van der Waals surface area (Å²) in [4.78, 5) is 34.0. The molecular formula is C21H32O6. The first-order chi connectivity index (χ1) is 13.0. The van der Waals surface area contributed by atoms with Crippen LogP contribution in [0.3, 0.4) is 0 Å². The Balaban J connectivity index is 4.24. The van der Waals surface area contributed by atoms with Crippen molar-refractivity contribution in [3.8, 4) is 0 Å². The molecule has 0 bridgehead atoms. The predicted octanol–water partition coefficient (Wildman–Crippen LogP) is 3.91. The summed E-state index contributed by atoms with van der Waals surface area (Å²) in [6.07, 6.45) is 12.9. The van der Waals surface area contributed by atoms with Gasteiger partial charge in [0.05, 0.1) is 19.8 Å². The molecule has 0 saturated carbocycles. The molecule has 6 heteroatoms. The van der Waals surface area contributed by atoms with Gasteiger partial charge in [0.1, 0.15) is 0 Å². The predicted molar refractivity (Wildman–Crippen MR) is 104 cm³/mol. The van der Waals surface area contributed by atoms with Crippen LogP contribution in [0.15, 0.2) is 36.5 Å². The minimum atomic E-state index is -0.350. The minimum Gasteiger partial charge on any atom is -0.463 e. The van der Waals surface area contributed by atoms with Crippen molar-refractivity contribution in [2.24, 2.45) is 5.92 Å². The molecule has 0 radical (unpaired) electrons. The maximum Gasteiger partial charge on any atom is 0.330 e. The van der Waals surface area contributed by atoms with E-state index in [0.717, 1.165) is 32.1 Å². The highest BCUT2D eigenvalue weighted by Gasteiger charge is 2.11. The van der Waals surface area contributed by atoms with Gasteiger partial charge in [0.2, 0.25) is 0 Å². The molecule has 0 aromatic rings. The summed E-state index contributed by atoms with van der Waals surface area (Å²) in [5, 5.41) is 0. The summed E-state index contributed by atoms with van der Waals surface area (Å²) in [6.45, 7) is 6.33. The summed E-state index contributed by atoms with van der Waals surface area (Å²) in [5.74, 6) is -0.739. The normalized spacial score (nSPS) is 11.6. The van der Waals surface area contributed by atoms with E-state index >= 15 is 0 Å². The Morgan fingerprint density at radius 1 is 0.630 bits per heavy atom. The van der Waals surface area contributed by atoms with Crippen molar-refractivity contribution in [3.63, 3.8) is 0 Å². The van der Waals surface area contributed by atoms with Crippen LogP contribution >= 0.6 is 0 Å². The fraction of sp³-hybridized carbons (Fsp3) is 0.571. The summed E-state index contributed by atoms with van der Waals surface area (Å²) in [5.41, 5.74) is 0. The van der Waals surface area contributed by atoms with Crippen LogP contribution in [0.4, 0.5) is 0 Å². The number of carbonyl (C=O) groups is 3. The first-order valence-corrected chi connectivity index (χ1v) is 9.41. The standard InChI is InChI=1S/C21H32O6/c1-4-9-19(22)25-15-7-12-18(14-17-27-21(24)11-6-3)13-8-16-26-20(23)10-5-2/h4-6,9-11,18H,7-8,12-17H2,1-3H3/b9-4+,10-5+,11-6+. The molecule has 27 heavy (non-hydrogen) atoms. The number of hydrogen-bond acceptors (Lipinski definition) is 6. The lowest BCUT2D eigenvalue weighted by molar-refractivity contribution is -0.139. The van der Waals surface area contributed by atoms with Crippen LogP contribution in [0.2, 0.25) is 0 Å². The molecule has 0 spiro atoms. The Morgan fingerprint density at radius 2 is 1.00 bits per heavy atom. The van der Waals surface area contributed by atoms with Crippen LogP contribution < -0.4 is 0 Å². The van der Waals surface area contributed by atoms with Crippen molar-refractivity contribution in [2.45, 2.75) is 52.9 Å². The van der Waals surface area contributed by atoms with Gasteiger partial charge in [-0.15, -0.1) is 0 Å². The van der Waals surface area contributed by atoms with Crippen molar-refractivity contribution < 1.29 is 28.6 Å². The van der Waals surface area contributed by atoms with E-state index in [-0.39, 0.29) is 17.9 Å². The van der Waals surface area contributed by atoms with E-state index in [1.807, 2.05) is 0 Å². The van der Waals surface area contributed by atoms with Crippen LogP contribution in [0.25, 0.3) is 0 Å². The van der Waals surface area contributed by atoms with Gasteiger partial charge in [0, 0.05) is 18.2 Å². The van der Waals surface area contributed by atoms with Gasteiger partial charge in [-0.2, -0.15) is 0 Å². The Morgan fingerprint density at radius 3 is 1.37 bits per heavy atom. The third-order valence-electron chi connectivity index (χ3n) is 3.68. The van der Waals surface area contributed by atoms with Crippen LogP contribution in [-0.2, 0) is 28.6 Å². The summed E-state index contributed by atoms with van der Waals surface area (Å²) >= 11 is 0. The molecule has 152 valence electrons. The molecule has 0 unspecified atom stereocenters. The molecule has 0 saturated heterocycles. The van der Waals surface area contributed by atoms with E-state index in [1.165, 1.54) is 18.2 Å². The molecule has 0 atom stereocenters. The minimum absolute atomic E-state index is 0.296. The largest absolute Gasteiger partial charge is 0.463 e. The maximum atomic E-state index is 11.4. The van der Waals surface area contributed by atoms with Crippen LogP contribution in [0.5, 0.6) is 0 Å². The van der Waals surface area contributed by atoms with Gasteiger partial charge in [-0.1, -0.05) is 18.2 Å². The second-order valence-corrected chi connectivity index (χ2v) is 5.94. The highest BCUT2D eigenvalue weighted by molar-refractivity contribution is 5.82. The first-order valence-electron chi connectivity index (χ1n) is 9.41. The molecule has 0 aromatic heterocycles. The molecular weight excluding hydrogens is 348 g/mol. The quantitative estimate of drug-likeness (QED) is 0.197. The molecule has 0 aromatic carbocycles.